The lowest BCUT2D eigenvalue weighted by Crippen LogP contribution is -2.23. The lowest BCUT2D eigenvalue weighted by molar-refractivity contribution is -0.137. The molecule has 3 aromatic rings. The highest BCUT2D eigenvalue weighted by atomic mass is 19.4. The zero-order valence-corrected chi connectivity index (χ0v) is 14.4. The zero-order chi connectivity index (χ0) is 19.3. The molecule has 7 heteroatoms. The van der Waals surface area contributed by atoms with Gasteiger partial charge in [0, 0.05) is 19.2 Å². The third kappa shape index (κ3) is 5.20. The lowest BCUT2D eigenvalue weighted by atomic mass is 10.1. The summed E-state index contributed by atoms with van der Waals surface area (Å²) in [5.74, 6) is -0.222. The molecule has 0 aliphatic heterocycles. The van der Waals surface area contributed by atoms with Crippen molar-refractivity contribution < 1.29 is 18.0 Å². The van der Waals surface area contributed by atoms with Crippen molar-refractivity contribution in [2.75, 3.05) is 0 Å². The van der Waals surface area contributed by atoms with Gasteiger partial charge in [0.15, 0.2) is 0 Å². The van der Waals surface area contributed by atoms with Crippen LogP contribution in [0.25, 0.3) is 5.69 Å². The number of benzene rings is 2. The molecule has 1 amide bonds. The van der Waals surface area contributed by atoms with Gasteiger partial charge in [0.1, 0.15) is 0 Å². The molecule has 0 unspecified atom stereocenters. The third-order valence-corrected chi connectivity index (χ3v) is 4.04. The monoisotopic (exact) mass is 373 g/mol. The summed E-state index contributed by atoms with van der Waals surface area (Å²) >= 11 is 0. The maximum atomic E-state index is 12.7. The van der Waals surface area contributed by atoms with Gasteiger partial charge in [0.2, 0.25) is 5.91 Å². The van der Waals surface area contributed by atoms with Crippen molar-refractivity contribution in [1.82, 2.24) is 15.1 Å². The molecule has 0 bridgehead atoms. The molecule has 0 saturated heterocycles. The fourth-order valence-corrected chi connectivity index (χ4v) is 2.62. The van der Waals surface area contributed by atoms with Crippen LogP contribution in [0.5, 0.6) is 0 Å². The van der Waals surface area contributed by atoms with E-state index < -0.39 is 11.7 Å². The van der Waals surface area contributed by atoms with Crippen molar-refractivity contribution in [1.29, 1.82) is 0 Å². The van der Waals surface area contributed by atoms with Gasteiger partial charge >= 0.3 is 6.18 Å². The van der Waals surface area contributed by atoms with Gasteiger partial charge in [-0.3, -0.25) is 4.79 Å². The Bertz CT molecular complexity index is 904. The number of nitrogens with one attached hydrogen (secondary N) is 1. The number of aryl methyl sites for hydroxylation is 1. The van der Waals surface area contributed by atoms with Gasteiger partial charge in [0.25, 0.3) is 0 Å². The van der Waals surface area contributed by atoms with E-state index in [0.29, 0.717) is 12.0 Å². The highest BCUT2D eigenvalue weighted by Gasteiger charge is 2.30. The highest BCUT2D eigenvalue weighted by molar-refractivity contribution is 5.76. The fraction of sp³-hybridized carbons (Fsp3) is 0.200. The van der Waals surface area contributed by atoms with Crippen molar-refractivity contribution in [2.24, 2.45) is 0 Å². The number of amides is 1. The minimum Gasteiger partial charge on any atom is -0.352 e. The summed E-state index contributed by atoms with van der Waals surface area (Å²) in [6.45, 7) is 0.0615. The van der Waals surface area contributed by atoms with Gasteiger partial charge in [-0.05, 0) is 41.8 Å². The number of para-hydroxylation sites is 1. The number of carbonyl (C=O) groups is 1. The van der Waals surface area contributed by atoms with E-state index in [1.54, 1.807) is 16.9 Å². The molecular formula is C20H18F3N3O. The molecule has 0 fully saturated rings. The van der Waals surface area contributed by atoms with Crippen molar-refractivity contribution in [2.45, 2.75) is 25.6 Å². The number of carbonyl (C=O) groups excluding carboxylic acids is 1. The van der Waals surface area contributed by atoms with Crippen LogP contribution in [0.15, 0.2) is 67.0 Å². The van der Waals surface area contributed by atoms with Gasteiger partial charge in [-0.15, -0.1) is 0 Å². The molecule has 0 saturated carbocycles. The van der Waals surface area contributed by atoms with Crippen LogP contribution in [0, 0.1) is 0 Å². The third-order valence-electron chi connectivity index (χ3n) is 4.04. The van der Waals surface area contributed by atoms with Crippen LogP contribution < -0.4 is 5.32 Å². The molecule has 2 aromatic carbocycles. The Morgan fingerprint density at radius 3 is 2.56 bits per heavy atom. The first-order valence-corrected chi connectivity index (χ1v) is 8.43. The van der Waals surface area contributed by atoms with E-state index in [9.17, 15) is 18.0 Å². The molecular weight excluding hydrogens is 355 g/mol. The number of nitrogens with zero attached hydrogens (tertiary/aromatic N) is 2. The topological polar surface area (TPSA) is 46.9 Å². The lowest BCUT2D eigenvalue weighted by Gasteiger charge is -2.09. The van der Waals surface area contributed by atoms with Crippen molar-refractivity contribution in [3.8, 4) is 5.69 Å². The van der Waals surface area contributed by atoms with Crippen LogP contribution in [0.3, 0.4) is 0 Å². The quantitative estimate of drug-likeness (QED) is 0.706. The number of hydrogen-bond donors (Lipinski definition) is 1. The maximum Gasteiger partial charge on any atom is 0.416 e. The Hall–Kier alpha value is -3.09. The number of halogens is 3. The van der Waals surface area contributed by atoms with Gasteiger partial charge in [-0.1, -0.05) is 30.3 Å². The molecule has 1 aromatic heterocycles. The zero-order valence-electron chi connectivity index (χ0n) is 14.4. The molecule has 1 heterocycles. The average molecular weight is 373 g/mol. The predicted molar refractivity (Wildman–Crippen MR) is 95.2 cm³/mol. The Morgan fingerprint density at radius 2 is 1.81 bits per heavy atom. The maximum absolute atomic E-state index is 12.7. The van der Waals surface area contributed by atoms with E-state index in [1.807, 2.05) is 36.5 Å². The van der Waals surface area contributed by atoms with E-state index in [-0.39, 0.29) is 18.9 Å². The highest BCUT2D eigenvalue weighted by Crippen LogP contribution is 2.29. The molecule has 0 radical (unpaired) electrons. The second kappa shape index (κ2) is 8.07. The summed E-state index contributed by atoms with van der Waals surface area (Å²) in [6, 6.07) is 14.6. The van der Waals surface area contributed by atoms with Gasteiger partial charge in [-0.25, -0.2) is 4.68 Å². The summed E-state index contributed by atoms with van der Waals surface area (Å²) in [6.07, 6.45) is -0.0951. The Morgan fingerprint density at radius 1 is 1.04 bits per heavy atom. The number of hydrogen-bond acceptors (Lipinski definition) is 2. The minimum absolute atomic E-state index is 0.0615. The van der Waals surface area contributed by atoms with Crippen LogP contribution in [0.1, 0.15) is 23.1 Å². The first kappa shape index (κ1) is 18.7. The largest absolute Gasteiger partial charge is 0.416 e. The van der Waals surface area contributed by atoms with Crippen LogP contribution >= 0.6 is 0 Å². The molecule has 0 spiro atoms. The molecule has 0 aliphatic rings. The molecule has 0 aliphatic carbocycles. The van der Waals surface area contributed by atoms with Crippen molar-refractivity contribution >= 4 is 5.91 Å². The number of alkyl halides is 3. The van der Waals surface area contributed by atoms with Crippen LogP contribution in [0.2, 0.25) is 0 Å². The fourth-order valence-electron chi connectivity index (χ4n) is 2.62. The molecule has 27 heavy (non-hydrogen) atoms. The summed E-state index contributed by atoms with van der Waals surface area (Å²) in [5, 5.41) is 6.92. The van der Waals surface area contributed by atoms with Crippen molar-refractivity contribution in [3.63, 3.8) is 0 Å². The molecule has 1 N–H and O–H groups in total. The summed E-state index contributed by atoms with van der Waals surface area (Å²) < 4.78 is 39.8. The smallest absolute Gasteiger partial charge is 0.352 e. The summed E-state index contributed by atoms with van der Waals surface area (Å²) in [5.41, 5.74) is 1.53. The Labute approximate surface area is 154 Å². The van der Waals surface area contributed by atoms with E-state index >= 15 is 0 Å². The second-order valence-electron chi connectivity index (χ2n) is 6.10. The second-order valence-corrected chi connectivity index (χ2v) is 6.10. The summed E-state index contributed by atoms with van der Waals surface area (Å²) in [4.78, 5) is 12.0. The van der Waals surface area contributed by atoms with E-state index in [0.717, 1.165) is 23.4 Å². The van der Waals surface area contributed by atoms with E-state index in [4.69, 9.17) is 0 Å². The van der Waals surface area contributed by atoms with E-state index in [1.165, 1.54) is 6.07 Å². The van der Waals surface area contributed by atoms with Crippen molar-refractivity contribution in [3.05, 3.63) is 83.7 Å². The van der Waals surface area contributed by atoms with Crippen LogP contribution in [-0.2, 0) is 23.9 Å². The van der Waals surface area contributed by atoms with Crippen LogP contribution in [-0.4, -0.2) is 15.7 Å². The minimum atomic E-state index is -4.39. The van der Waals surface area contributed by atoms with Crippen LogP contribution in [0.4, 0.5) is 13.2 Å². The predicted octanol–water partition coefficient (Wildman–Crippen LogP) is 4.14. The van der Waals surface area contributed by atoms with E-state index in [2.05, 4.69) is 10.4 Å². The first-order chi connectivity index (χ1) is 12.9. The first-order valence-electron chi connectivity index (χ1n) is 8.43. The average Bonchev–Trinajstić information content (AvgIpc) is 3.14. The SMILES string of the molecule is O=C(CCc1cnn(-c2ccccc2)c1)NCc1cccc(C(F)(F)F)c1. The van der Waals surface area contributed by atoms with Gasteiger partial charge in [-0.2, -0.15) is 18.3 Å². The standard InChI is InChI=1S/C20H18F3N3O/c21-20(22,23)17-6-4-5-15(11-17)12-24-19(27)10-9-16-13-25-26(14-16)18-7-2-1-3-8-18/h1-8,11,13-14H,9-10,12H2,(H,24,27). The Balaban J connectivity index is 1.50. The number of rotatable bonds is 6. The Kier molecular flexibility index (Phi) is 5.59. The molecule has 4 nitrogen and oxygen atoms in total. The van der Waals surface area contributed by atoms with Gasteiger partial charge < -0.3 is 5.32 Å². The molecule has 0 atom stereocenters. The normalized spacial score (nSPS) is 11.4. The van der Waals surface area contributed by atoms with Gasteiger partial charge in [0.05, 0.1) is 17.4 Å². The summed E-state index contributed by atoms with van der Waals surface area (Å²) in [7, 11) is 0. The molecule has 3 rings (SSSR count). The number of aromatic nitrogens is 2. The molecule has 140 valence electrons.